The molecule has 0 N–H and O–H groups in total. The summed E-state index contributed by atoms with van der Waals surface area (Å²) < 4.78 is 0. The maximum absolute atomic E-state index is 11.4. The highest BCUT2D eigenvalue weighted by molar-refractivity contribution is 8.04. The molecule has 0 amide bonds. The Labute approximate surface area is 101 Å². The van der Waals surface area contributed by atoms with Crippen molar-refractivity contribution in [2.45, 2.75) is 24.7 Å². The van der Waals surface area contributed by atoms with E-state index in [-0.39, 0.29) is 5.78 Å². The van der Waals surface area contributed by atoms with E-state index >= 15 is 0 Å². The molecule has 1 nitrogen and oxygen atoms in total. The van der Waals surface area contributed by atoms with Gasteiger partial charge in [-0.25, -0.2) is 0 Å². The van der Waals surface area contributed by atoms with Gasteiger partial charge in [0.2, 0.25) is 0 Å². The SMILES string of the molecule is C=CCCC=C(Sc1ccccc1)C(C)=O. The van der Waals surface area contributed by atoms with Gasteiger partial charge in [0.1, 0.15) is 0 Å². The number of rotatable bonds is 6. The Morgan fingerprint density at radius 1 is 1.31 bits per heavy atom. The number of ketones is 1. The Morgan fingerprint density at radius 3 is 2.56 bits per heavy atom. The quantitative estimate of drug-likeness (QED) is 0.316. The van der Waals surface area contributed by atoms with Crippen molar-refractivity contribution in [2.24, 2.45) is 0 Å². The number of hydrogen-bond donors (Lipinski definition) is 0. The van der Waals surface area contributed by atoms with Gasteiger partial charge in [0, 0.05) is 4.90 Å². The van der Waals surface area contributed by atoms with Crippen molar-refractivity contribution >= 4 is 17.5 Å². The molecule has 0 bridgehead atoms. The first-order valence-corrected chi connectivity index (χ1v) is 6.10. The number of unbranched alkanes of at least 4 members (excludes halogenated alkanes) is 1. The van der Waals surface area contributed by atoms with Gasteiger partial charge in [0.25, 0.3) is 0 Å². The first kappa shape index (κ1) is 12.8. The van der Waals surface area contributed by atoms with Gasteiger partial charge in [-0.05, 0) is 31.9 Å². The van der Waals surface area contributed by atoms with E-state index in [0.29, 0.717) is 0 Å². The van der Waals surface area contributed by atoms with Gasteiger partial charge < -0.3 is 0 Å². The normalized spacial score (nSPS) is 11.2. The van der Waals surface area contributed by atoms with Crippen molar-refractivity contribution in [1.82, 2.24) is 0 Å². The summed E-state index contributed by atoms with van der Waals surface area (Å²) >= 11 is 1.52. The minimum absolute atomic E-state index is 0.123. The predicted octanol–water partition coefficient (Wildman–Crippen LogP) is 4.22. The zero-order chi connectivity index (χ0) is 11.8. The zero-order valence-electron chi connectivity index (χ0n) is 9.48. The number of carbonyl (C=O) groups is 1. The van der Waals surface area contributed by atoms with Gasteiger partial charge in [0.05, 0.1) is 4.91 Å². The summed E-state index contributed by atoms with van der Waals surface area (Å²) in [5, 5.41) is 0. The molecule has 1 rings (SSSR count). The lowest BCUT2D eigenvalue weighted by Gasteiger charge is -2.03. The lowest BCUT2D eigenvalue weighted by atomic mass is 10.2. The van der Waals surface area contributed by atoms with Crippen molar-refractivity contribution in [3.8, 4) is 0 Å². The maximum atomic E-state index is 11.4. The van der Waals surface area contributed by atoms with E-state index in [1.807, 2.05) is 42.5 Å². The highest BCUT2D eigenvalue weighted by Gasteiger charge is 2.05. The Bertz CT molecular complexity index is 379. The average molecular weight is 232 g/mol. The van der Waals surface area contributed by atoms with E-state index in [9.17, 15) is 4.79 Å². The number of benzene rings is 1. The second kappa shape index (κ2) is 7.07. The third-order valence-electron chi connectivity index (χ3n) is 2.02. The van der Waals surface area contributed by atoms with Gasteiger partial charge in [-0.3, -0.25) is 4.79 Å². The summed E-state index contributed by atoms with van der Waals surface area (Å²) in [5.74, 6) is 0.123. The zero-order valence-corrected chi connectivity index (χ0v) is 10.3. The Morgan fingerprint density at radius 2 is 2.00 bits per heavy atom. The standard InChI is InChI=1S/C14H16OS/c1-3-4-6-11-14(12(2)15)16-13-9-7-5-8-10-13/h3,5,7-11H,1,4,6H2,2H3. The summed E-state index contributed by atoms with van der Waals surface area (Å²) in [6, 6.07) is 9.94. The van der Waals surface area contributed by atoms with Crippen LogP contribution >= 0.6 is 11.8 Å². The largest absolute Gasteiger partial charge is 0.294 e. The molecule has 1 aromatic rings. The highest BCUT2D eigenvalue weighted by atomic mass is 32.2. The van der Waals surface area contributed by atoms with Crippen LogP contribution in [-0.2, 0) is 4.79 Å². The molecule has 0 spiro atoms. The van der Waals surface area contributed by atoms with Gasteiger partial charge in [-0.2, -0.15) is 0 Å². The van der Waals surface area contributed by atoms with Crippen LogP contribution in [0.4, 0.5) is 0 Å². The molecule has 0 radical (unpaired) electrons. The molecule has 0 aliphatic heterocycles. The fraction of sp³-hybridized carbons (Fsp3) is 0.214. The molecule has 0 aromatic heterocycles. The monoisotopic (exact) mass is 232 g/mol. The van der Waals surface area contributed by atoms with E-state index < -0.39 is 0 Å². The van der Waals surface area contributed by atoms with Gasteiger partial charge in [-0.1, -0.05) is 42.1 Å². The topological polar surface area (TPSA) is 17.1 Å². The van der Waals surface area contributed by atoms with E-state index in [1.54, 1.807) is 6.92 Å². The third-order valence-corrected chi connectivity index (χ3v) is 3.20. The lowest BCUT2D eigenvalue weighted by Crippen LogP contribution is -1.92. The summed E-state index contributed by atoms with van der Waals surface area (Å²) in [5.41, 5.74) is 0. The molecule has 1 aromatic carbocycles. The van der Waals surface area contributed by atoms with Crippen molar-refractivity contribution in [2.75, 3.05) is 0 Å². The highest BCUT2D eigenvalue weighted by Crippen LogP contribution is 2.27. The van der Waals surface area contributed by atoms with E-state index in [0.717, 1.165) is 22.6 Å². The summed E-state index contributed by atoms with van der Waals surface area (Å²) in [4.78, 5) is 13.3. The summed E-state index contributed by atoms with van der Waals surface area (Å²) in [7, 11) is 0. The fourth-order valence-corrected chi connectivity index (χ4v) is 2.10. The first-order valence-electron chi connectivity index (χ1n) is 5.29. The van der Waals surface area contributed by atoms with Crippen LogP contribution in [0.25, 0.3) is 0 Å². The van der Waals surface area contributed by atoms with Crippen LogP contribution in [-0.4, -0.2) is 5.78 Å². The maximum Gasteiger partial charge on any atom is 0.166 e. The average Bonchev–Trinajstić information content (AvgIpc) is 2.29. The minimum atomic E-state index is 0.123. The van der Waals surface area contributed by atoms with E-state index in [1.165, 1.54) is 11.8 Å². The molecular formula is C14H16OS. The first-order chi connectivity index (χ1) is 7.74. The molecule has 0 saturated carbocycles. The van der Waals surface area contributed by atoms with Crippen LogP contribution in [0.3, 0.4) is 0 Å². The smallest absolute Gasteiger partial charge is 0.166 e. The second-order valence-electron chi connectivity index (χ2n) is 3.41. The Balaban J connectivity index is 2.68. The molecule has 0 unspecified atom stereocenters. The van der Waals surface area contributed by atoms with E-state index in [2.05, 4.69) is 6.58 Å². The van der Waals surface area contributed by atoms with Crippen LogP contribution in [0.5, 0.6) is 0 Å². The molecule has 0 aliphatic rings. The van der Waals surface area contributed by atoms with Gasteiger partial charge >= 0.3 is 0 Å². The second-order valence-corrected chi connectivity index (χ2v) is 4.52. The minimum Gasteiger partial charge on any atom is -0.294 e. The molecule has 16 heavy (non-hydrogen) atoms. The number of hydrogen-bond acceptors (Lipinski definition) is 2. The molecule has 84 valence electrons. The molecule has 0 heterocycles. The molecular weight excluding hydrogens is 216 g/mol. The predicted molar refractivity (Wildman–Crippen MR) is 70.5 cm³/mol. The number of Topliss-reactive ketones (excluding diaryl/α,β-unsaturated/α-hetero) is 1. The van der Waals surface area contributed by atoms with Crippen molar-refractivity contribution in [3.63, 3.8) is 0 Å². The van der Waals surface area contributed by atoms with Crippen molar-refractivity contribution in [1.29, 1.82) is 0 Å². The fourth-order valence-electron chi connectivity index (χ4n) is 1.21. The summed E-state index contributed by atoms with van der Waals surface area (Å²) in [6.45, 7) is 5.27. The Kier molecular flexibility index (Phi) is 5.65. The van der Waals surface area contributed by atoms with Crippen LogP contribution < -0.4 is 0 Å². The molecule has 0 fully saturated rings. The third kappa shape index (κ3) is 4.49. The van der Waals surface area contributed by atoms with E-state index in [4.69, 9.17) is 0 Å². The number of allylic oxidation sites excluding steroid dienone is 3. The number of carbonyl (C=O) groups excluding carboxylic acids is 1. The van der Waals surface area contributed by atoms with Crippen LogP contribution in [0.15, 0.2) is 58.9 Å². The van der Waals surface area contributed by atoms with Crippen molar-refractivity contribution in [3.05, 3.63) is 54.0 Å². The van der Waals surface area contributed by atoms with Crippen LogP contribution in [0.2, 0.25) is 0 Å². The molecule has 0 saturated heterocycles. The van der Waals surface area contributed by atoms with Crippen LogP contribution in [0, 0.1) is 0 Å². The number of thioether (sulfide) groups is 1. The molecule has 0 atom stereocenters. The van der Waals surface area contributed by atoms with Gasteiger partial charge in [0.15, 0.2) is 5.78 Å². The molecule has 2 heteroatoms. The van der Waals surface area contributed by atoms with Gasteiger partial charge in [-0.15, -0.1) is 6.58 Å². The lowest BCUT2D eigenvalue weighted by molar-refractivity contribution is -0.112. The Hall–Kier alpha value is -1.28. The van der Waals surface area contributed by atoms with Crippen molar-refractivity contribution < 1.29 is 4.79 Å². The molecule has 0 aliphatic carbocycles. The van der Waals surface area contributed by atoms with Crippen LogP contribution in [0.1, 0.15) is 19.8 Å². The summed E-state index contributed by atoms with van der Waals surface area (Å²) in [6.07, 6.45) is 5.63.